The van der Waals surface area contributed by atoms with Crippen LogP contribution in [0.4, 0.5) is 0 Å². The van der Waals surface area contributed by atoms with Gasteiger partial charge in [-0.05, 0) is 19.1 Å². The SMILES string of the molecule is C=COCC(C)C(C)(O)C#Cc1ccccc1. The third kappa shape index (κ3) is 4.34. The Balaban J connectivity index is 2.72. The van der Waals surface area contributed by atoms with Gasteiger partial charge >= 0.3 is 0 Å². The van der Waals surface area contributed by atoms with Crippen LogP contribution in [0.2, 0.25) is 0 Å². The highest BCUT2D eigenvalue weighted by atomic mass is 16.5. The van der Waals surface area contributed by atoms with Crippen molar-refractivity contribution in [1.82, 2.24) is 0 Å². The number of aliphatic hydroxyl groups is 1. The summed E-state index contributed by atoms with van der Waals surface area (Å²) in [5.74, 6) is 5.75. The van der Waals surface area contributed by atoms with Gasteiger partial charge in [0.1, 0.15) is 5.60 Å². The molecule has 1 rings (SSSR count). The molecular weight excluding hydrogens is 212 g/mol. The van der Waals surface area contributed by atoms with E-state index in [2.05, 4.69) is 18.4 Å². The minimum absolute atomic E-state index is 0.0864. The van der Waals surface area contributed by atoms with Gasteiger partial charge < -0.3 is 9.84 Å². The van der Waals surface area contributed by atoms with E-state index in [9.17, 15) is 5.11 Å². The van der Waals surface area contributed by atoms with Crippen molar-refractivity contribution in [3.05, 3.63) is 48.7 Å². The van der Waals surface area contributed by atoms with Crippen molar-refractivity contribution >= 4 is 0 Å². The molecule has 0 saturated carbocycles. The lowest BCUT2D eigenvalue weighted by molar-refractivity contribution is 0.0295. The van der Waals surface area contributed by atoms with E-state index >= 15 is 0 Å². The molecule has 0 aliphatic rings. The van der Waals surface area contributed by atoms with E-state index in [0.29, 0.717) is 6.61 Å². The maximum Gasteiger partial charge on any atom is 0.128 e. The molecule has 1 aromatic rings. The molecule has 1 N–H and O–H groups in total. The zero-order valence-electron chi connectivity index (χ0n) is 10.3. The van der Waals surface area contributed by atoms with Crippen LogP contribution in [0.1, 0.15) is 19.4 Å². The van der Waals surface area contributed by atoms with Crippen molar-refractivity contribution in [2.45, 2.75) is 19.4 Å². The van der Waals surface area contributed by atoms with Crippen LogP contribution in [0.3, 0.4) is 0 Å². The molecule has 0 fully saturated rings. The summed E-state index contributed by atoms with van der Waals surface area (Å²) < 4.78 is 5.07. The van der Waals surface area contributed by atoms with Crippen molar-refractivity contribution in [3.8, 4) is 11.8 Å². The van der Waals surface area contributed by atoms with E-state index in [1.54, 1.807) is 6.92 Å². The minimum atomic E-state index is -1.07. The summed E-state index contributed by atoms with van der Waals surface area (Å²) in [4.78, 5) is 0. The average Bonchev–Trinajstić information content (AvgIpc) is 2.35. The van der Waals surface area contributed by atoms with Crippen LogP contribution in [0.25, 0.3) is 0 Å². The second-order valence-electron chi connectivity index (χ2n) is 4.16. The molecule has 0 amide bonds. The van der Waals surface area contributed by atoms with E-state index < -0.39 is 5.60 Å². The summed E-state index contributed by atoms with van der Waals surface area (Å²) in [6.45, 7) is 7.46. The highest BCUT2D eigenvalue weighted by Crippen LogP contribution is 2.16. The number of rotatable bonds is 4. The Hall–Kier alpha value is -1.72. The highest BCUT2D eigenvalue weighted by molar-refractivity contribution is 5.35. The summed E-state index contributed by atoms with van der Waals surface area (Å²) in [6.07, 6.45) is 1.37. The van der Waals surface area contributed by atoms with Gasteiger partial charge in [-0.2, -0.15) is 0 Å². The summed E-state index contributed by atoms with van der Waals surface area (Å²) in [6, 6.07) is 9.60. The predicted octanol–water partition coefficient (Wildman–Crippen LogP) is 2.59. The van der Waals surface area contributed by atoms with Crippen molar-refractivity contribution < 1.29 is 9.84 Å². The molecule has 0 saturated heterocycles. The van der Waals surface area contributed by atoms with E-state index in [1.165, 1.54) is 6.26 Å². The number of ether oxygens (including phenoxy) is 1. The standard InChI is InChI=1S/C15H18O2/c1-4-17-12-13(2)15(3,16)11-10-14-8-6-5-7-9-14/h4-9,13,16H,1,12H2,2-3H3. The first-order valence-corrected chi connectivity index (χ1v) is 5.59. The second-order valence-corrected chi connectivity index (χ2v) is 4.16. The van der Waals surface area contributed by atoms with Crippen LogP contribution >= 0.6 is 0 Å². The van der Waals surface area contributed by atoms with Crippen LogP contribution < -0.4 is 0 Å². The van der Waals surface area contributed by atoms with Gasteiger partial charge in [0, 0.05) is 11.5 Å². The van der Waals surface area contributed by atoms with E-state index in [0.717, 1.165) is 5.56 Å². The Bertz CT molecular complexity index is 410. The van der Waals surface area contributed by atoms with Crippen molar-refractivity contribution in [2.24, 2.45) is 5.92 Å². The molecule has 2 nitrogen and oxygen atoms in total. The van der Waals surface area contributed by atoms with Gasteiger partial charge in [0.15, 0.2) is 0 Å². The highest BCUT2D eigenvalue weighted by Gasteiger charge is 2.26. The van der Waals surface area contributed by atoms with E-state index in [4.69, 9.17) is 4.74 Å². The first-order valence-electron chi connectivity index (χ1n) is 5.59. The maximum absolute atomic E-state index is 10.2. The Morgan fingerprint density at radius 3 is 2.71 bits per heavy atom. The molecule has 2 unspecified atom stereocenters. The van der Waals surface area contributed by atoms with Crippen LogP contribution in [-0.2, 0) is 4.74 Å². The topological polar surface area (TPSA) is 29.5 Å². The Kier molecular flexibility index (Phi) is 4.81. The zero-order chi connectivity index (χ0) is 12.7. The normalized spacial score (nSPS) is 15.0. The van der Waals surface area contributed by atoms with Gasteiger partial charge in [-0.3, -0.25) is 0 Å². The Morgan fingerprint density at radius 1 is 1.47 bits per heavy atom. The lowest BCUT2D eigenvalue weighted by Crippen LogP contribution is -2.33. The van der Waals surface area contributed by atoms with E-state index in [1.807, 2.05) is 37.3 Å². The number of hydrogen-bond donors (Lipinski definition) is 1. The summed E-state index contributed by atoms with van der Waals surface area (Å²) >= 11 is 0. The largest absolute Gasteiger partial charge is 0.501 e. The van der Waals surface area contributed by atoms with Gasteiger partial charge in [0.05, 0.1) is 12.9 Å². The molecule has 17 heavy (non-hydrogen) atoms. The van der Waals surface area contributed by atoms with Crippen LogP contribution in [0, 0.1) is 17.8 Å². The maximum atomic E-state index is 10.2. The molecule has 0 aliphatic carbocycles. The summed E-state index contributed by atoms with van der Waals surface area (Å²) in [5, 5.41) is 10.2. The number of hydrogen-bond acceptors (Lipinski definition) is 2. The van der Waals surface area contributed by atoms with Gasteiger partial charge in [-0.1, -0.05) is 43.5 Å². The molecule has 0 spiro atoms. The first-order chi connectivity index (χ1) is 8.06. The molecule has 0 aromatic heterocycles. The molecular formula is C15H18O2. The first kappa shape index (κ1) is 13.3. The quantitative estimate of drug-likeness (QED) is 0.636. The van der Waals surface area contributed by atoms with Gasteiger partial charge in [-0.15, -0.1) is 0 Å². The monoisotopic (exact) mass is 230 g/mol. The van der Waals surface area contributed by atoms with Crippen molar-refractivity contribution in [2.75, 3.05) is 6.61 Å². The third-order valence-electron chi connectivity index (χ3n) is 2.66. The second kappa shape index (κ2) is 6.12. The van der Waals surface area contributed by atoms with Gasteiger partial charge in [-0.25, -0.2) is 0 Å². The van der Waals surface area contributed by atoms with Crippen molar-refractivity contribution in [3.63, 3.8) is 0 Å². The molecule has 90 valence electrons. The van der Waals surface area contributed by atoms with Crippen LogP contribution in [0.5, 0.6) is 0 Å². The third-order valence-corrected chi connectivity index (χ3v) is 2.66. The average molecular weight is 230 g/mol. The summed E-state index contributed by atoms with van der Waals surface area (Å²) in [5.41, 5.74) is -0.177. The fourth-order valence-electron chi connectivity index (χ4n) is 1.22. The zero-order valence-corrected chi connectivity index (χ0v) is 10.3. The molecule has 0 aliphatic heterocycles. The molecule has 1 aromatic carbocycles. The van der Waals surface area contributed by atoms with Gasteiger partial charge in [0.25, 0.3) is 0 Å². The Labute approximate surface area is 103 Å². The number of benzene rings is 1. The Morgan fingerprint density at radius 2 is 2.12 bits per heavy atom. The van der Waals surface area contributed by atoms with Gasteiger partial charge in [0.2, 0.25) is 0 Å². The lowest BCUT2D eigenvalue weighted by atomic mass is 9.92. The minimum Gasteiger partial charge on any atom is -0.501 e. The molecule has 2 heteroatoms. The smallest absolute Gasteiger partial charge is 0.128 e. The lowest BCUT2D eigenvalue weighted by Gasteiger charge is -2.24. The molecule has 2 atom stereocenters. The molecule has 0 radical (unpaired) electrons. The van der Waals surface area contributed by atoms with Crippen LogP contribution in [-0.4, -0.2) is 17.3 Å². The molecule has 0 heterocycles. The van der Waals surface area contributed by atoms with Crippen LogP contribution in [0.15, 0.2) is 43.2 Å². The summed E-state index contributed by atoms with van der Waals surface area (Å²) in [7, 11) is 0. The van der Waals surface area contributed by atoms with E-state index in [-0.39, 0.29) is 5.92 Å². The molecule has 0 bridgehead atoms. The van der Waals surface area contributed by atoms with Crippen molar-refractivity contribution in [1.29, 1.82) is 0 Å². The fourth-order valence-corrected chi connectivity index (χ4v) is 1.22. The fraction of sp³-hybridized carbons (Fsp3) is 0.333. The predicted molar refractivity (Wildman–Crippen MR) is 69.3 cm³/mol.